The molecule has 0 spiro atoms. The van der Waals surface area contributed by atoms with Crippen molar-refractivity contribution in [3.8, 4) is 17.2 Å². The molecule has 4 heteroatoms. The summed E-state index contributed by atoms with van der Waals surface area (Å²) < 4.78 is 16.7. The van der Waals surface area contributed by atoms with Crippen LogP contribution in [0.25, 0.3) is 0 Å². The lowest BCUT2D eigenvalue weighted by molar-refractivity contribution is 0.177. The summed E-state index contributed by atoms with van der Waals surface area (Å²) in [5.74, 6) is 2.26. The first kappa shape index (κ1) is 13.8. The molecule has 0 aromatic heterocycles. The lowest BCUT2D eigenvalue weighted by Gasteiger charge is -2.20. The normalized spacial score (nSPS) is 20.0. The maximum absolute atomic E-state index is 6.33. The first-order chi connectivity index (χ1) is 10.2. The number of methoxy groups -OCH3 is 2. The summed E-state index contributed by atoms with van der Waals surface area (Å²) in [7, 11) is 3.29. The summed E-state index contributed by atoms with van der Waals surface area (Å²) in [6.45, 7) is 0. The average molecular weight is 285 g/mol. The molecule has 0 saturated carbocycles. The number of hydrogen-bond acceptors (Lipinski definition) is 4. The summed E-state index contributed by atoms with van der Waals surface area (Å²) >= 11 is 0. The van der Waals surface area contributed by atoms with Crippen LogP contribution in [0.15, 0.2) is 42.5 Å². The van der Waals surface area contributed by atoms with Crippen molar-refractivity contribution in [2.75, 3.05) is 14.2 Å². The van der Waals surface area contributed by atoms with Crippen LogP contribution in [0.2, 0.25) is 0 Å². The Kier molecular flexibility index (Phi) is 3.71. The number of para-hydroxylation sites is 2. The van der Waals surface area contributed by atoms with E-state index < -0.39 is 0 Å². The van der Waals surface area contributed by atoms with Gasteiger partial charge in [-0.3, -0.25) is 0 Å². The van der Waals surface area contributed by atoms with Gasteiger partial charge in [-0.15, -0.1) is 0 Å². The highest BCUT2D eigenvalue weighted by molar-refractivity contribution is 5.44. The van der Waals surface area contributed by atoms with Gasteiger partial charge in [-0.25, -0.2) is 0 Å². The minimum absolute atomic E-state index is 0.0941. The van der Waals surface area contributed by atoms with Gasteiger partial charge in [-0.05, 0) is 35.4 Å². The van der Waals surface area contributed by atoms with E-state index in [4.69, 9.17) is 19.9 Å². The molecule has 3 rings (SSSR count). The number of benzene rings is 2. The van der Waals surface area contributed by atoms with Crippen LogP contribution in [0.5, 0.6) is 17.2 Å². The number of nitrogens with two attached hydrogens (primary N) is 1. The van der Waals surface area contributed by atoms with Crippen LogP contribution in [0, 0.1) is 0 Å². The number of fused-ring (bicyclic) bond motifs is 1. The minimum atomic E-state index is -0.167. The second-order valence-electron chi connectivity index (χ2n) is 5.10. The largest absolute Gasteiger partial charge is 0.497 e. The number of rotatable bonds is 4. The van der Waals surface area contributed by atoms with E-state index >= 15 is 0 Å². The van der Waals surface area contributed by atoms with Crippen LogP contribution in [-0.2, 0) is 6.42 Å². The molecule has 2 atom stereocenters. The first-order valence-electron chi connectivity index (χ1n) is 6.95. The van der Waals surface area contributed by atoms with Crippen molar-refractivity contribution < 1.29 is 14.2 Å². The lowest BCUT2D eigenvalue weighted by atomic mass is 10.1. The Balaban J connectivity index is 1.83. The van der Waals surface area contributed by atoms with Crippen LogP contribution >= 0.6 is 0 Å². The Morgan fingerprint density at radius 2 is 1.76 bits per heavy atom. The summed E-state index contributed by atoms with van der Waals surface area (Å²) in [4.78, 5) is 0. The molecule has 21 heavy (non-hydrogen) atoms. The molecular weight excluding hydrogens is 266 g/mol. The van der Waals surface area contributed by atoms with Crippen molar-refractivity contribution in [2.45, 2.75) is 18.6 Å². The van der Waals surface area contributed by atoms with Crippen molar-refractivity contribution in [3.05, 3.63) is 53.6 Å². The Bertz CT molecular complexity index is 642. The molecule has 110 valence electrons. The molecular formula is C17H19NO3. The van der Waals surface area contributed by atoms with E-state index in [1.54, 1.807) is 14.2 Å². The Hall–Kier alpha value is -2.20. The number of ether oxygens (including phenoxy) is 3. The highest BCUT2D eigenvalue weighted by Gasteiger charge is 2.32. The Labute approximate surface area is 124 Å². The molecule has 0 amide bonds. The molecule has 0 fully saturated rings. The lowest BCUT2D eigenvalue weighted by Crippen LogP contribution is -2.28. The minimum Gasteiger partial charge on any atom is -0.497 e. The van der Waals surface area contributed by atoms with E-state index in [-0.39, 0.29) is 12.1 Å². The molecule has 4 nitrogen and oxygen atoms in total. The second-order valence-corrected chi connectivity index (χ2v) is 5.10. The van der Waals surface area contributed by atoms with E-state index in [0.29, 0.717) is 0 Å². The summed E-state index contributed by atoms with van der Waals surface area (Å²) in [5.41, 5.74) is 8.64. The van der Waals surface area contributed by atoms with Crippen molar-refractivity contribution in [1.29, 1.82) is 0 Å². The summed E-state index contributed by atoms with van der Waals surface area (Å²) in [6, 6.07) is 13.5. The fraction of sp³-hybridized carbons (Fsp3) is 0.294. The van der Waals surface area contributed by atoms with Crippen molar-refractivity contribution in [3.63, 3.8) is 0 Å². The molecule has 0 heterocycles. The topological polar surface area (TPSA) is 53.7 Å². The van der Waals surface area contributed by atoms with Crippen LogP contribution < -0.4 is 19.9 Å². The van der Waals surface area contributed by atoms with Gasteiger partial charge in [0.15, 0.2) is 11.5 Å². The summed E-state index contributed by atoms with van der Waals surface area (Å²) in [6.07, 6.45) is 0.696. The quantitative estimate of drug-likeness (QED) is 0.938. The Morgan fingerprint density at radius 1 is 1.00 bits per heavy atom. The highest BCUT2D eigenvalue weighted by Crippen LogP contribution is 2.36. The smallest absolute Gasteiger partial charge is 0.161 e. The highest BCUT2D eigenvalue weighted by atomic mass is 16.5. The van der Waals surface area contributed by atoms with Gasteiger partial charge in [-0.1, -0.05) is 18.2 Å². The number of hydrogen-bond donors (Lipinski definition) is 1. The van der Waals surface area contributed by atoms with E-state index in [1.807, 2.05) is 36.4 Å². The fourth-order valence-corrected chi connectivity index (χ4v) is 2.73. The molecule has 1 aliphatic rings. The van der Waals surface area contributed by atoms with E-state index in [2.05, 4.69) is 6.07 Å². The zero-order chi connectivity index (χ0) is 14.8. The van der Waals surface area contributed by atoms with E-state index in [0.717, 1.165) is 29.2 Å². The van der Waals surface area contributed by atoms with Gasteiger partial charge >= 0.3 is 0 Å². The van der Waals surface area contributed by atoms with Crippen LogP contribution in [0.1, 0.15) is 17.2 Å². The molecule has 2 N–H and O–H groups in total. The van der Waals surface area contributed by atoms with Gasteiger partial charge in [0, 0.05) is 6.42 Å². The molecule has 2 unspecified atom stereocenters. The van der Waals surface area contributed by atoms with Gasteiger partial charge < -0.3 is 19.9 Å². The third kappa shape index (κ3) is 2.54. The van der Waals surface area contributed by atoms with Crippen molar-refractivity contribution >= 4 is 0 Å². The molecule has 2 aromatic carbocycles. The maximum Gasteiger partial charge on any atom is 0.161 e. The monoisotopic (exact) mass is 285 g/mol. The standard InChI is InChI=1S/C17H19NO3/c1-19-12-8-7-11-9-16(17(18)13(11)10-12)21-15-6-4-3-5-14(15)20-2/h3-8,10,16-17H,9,18H2,1-2H3. The third-order valence-electron chi connectivity index (χ3n) is 3.88. The molecule has 0 bridgehead atoms. The SMILES string of the molecule is COc1ccc2c(c1)C(N)C(Oc1ccccc1OC)C2. The van der Waals surface area contributed by atoms with Gasteiger partial charge in [0.05, 0.1) is 20.3 Å². The van der Waals surface area contributed by atoms with Gasteiger partial charge in [0.2, 0.25) is 0 Å². The zero-order valence-corrected chi connectivity index (χ0v) is 12.2. The fourth-order valence-electron chi connectivity index (χ4n) is 2.73. The van der Waals surface area contributed by atoms with E-state index in [9.17, 15) is 0 Å². The van der Waals surface area contributed by atoms with Gasteiger partial charge in [0.1, 0.15) is 11.9 Å². The van der Waals surface area contributed by atoms with Crippen LogP contribution in [0.4, 0.5) is 0 Å². The molecule has 0 saturated heterocycles. The van der Waals surface area contributed by atoms with Crippen molar-refractivity contribution in [1.82, 2.24) is 0 Å². The molecule has 0 radical (unpaired) electrons. The molecule has 0 aliphatic heterocycles. The third-order valence-corrected chi connectivity index (χ3v) is 3.88. The van der Waals surface area contributed by atoms with Crippen LogP contribution in [0.3, 0.4) is 0 Å². The van der Waals surface area contributed by atoms with Crippen molar-refractivity contribution in [2.24, 2.45) is 5.73 Å². The predicted molar refractivity (Wildman–Crippen MR) is 81.0 cm³/mol. The molecule has 2 aromatic rings. The first-order valence-corrected chi connectivity index (χ1v) is 6.95. The molecule has 1 aliphatic carbocycles. The van der Waals surface area contributed by atoms with Gasteiger partial charge in [0.25, 0.3) is 0 Å². The average Bonchev–Trinajstić information content (AvgIpc) is 2.83. The summed E-state index contributed by atoms with van der Waals surface area (Å²) in [5, 5.41) is 0. The second kappa shape index (κ2) is 5.66. The maximum atomic E-state index is 6.33. The zero-order valence-electron chi connectivity index (χ0n) is 12.2. The van der Waals surface area contributed by atoms with E-state index in [1.165, 1.54) is 5.56 Å². The van der Waals surface area contributed by atoms with Crippen LogP contribution in [-0.4, -0.2) is 20.3 Å². The van der Waals surface area contributed by atoms with Gasteiger partial charge in [-0.2, -0.15) is 0 Å². The Morgan fingerprint density at radius 3 is 2.48 bits per heavy atom. The predicted octanol–water partition coefficient (Wildman–Crippen LogP) is 2.71.